The van der Waals surface area contributed by atoms with Gasteiger partial charge < -0.3 is 15.4 Å². The molecule has 0 aromatic heterocycles. The van der Waals surface area contributed by atoms with Crippen molar-refractivity contribution in [2.45, 2.75) is 6.92 Å². The minimum atomic E-state index is 0.831. The van der Waals surface area contributed by atoms with E-state index < -0.39 is 0 Å². The molecule has 1 aliphatic rings. The van der Waals surface area contributed by atoms with Crippen molar-refractivity contribution in [2.24, 2.45) is 0 Å². The molecule has 0 unspecified atom stereocenters. The molecular weight excluding hydrogens is 226 g/mol. The quantitative estimate of drug-likeness (QED) is 0.802. The molecule has 0 amide bonds. The predicted molar refractivity (Wildman–Crippen MR) is 76.0 cm³/mol. The number of anilines is 2. The normalized spacial score (nSPS) is 16.7. The Balaban J connectivity index is 1.88. The zero-order chi connectivity index (χ0) is 12.8. The van der Waals surface area contributed by atoms with E-state index in [2.05, 4.69) is 22.8 Å². The van der Waals surface area contributed by atoms with E-state index in [1.807, 2.05) is 18.2 Å². The van der Waals surface area contributed by atoms with E-state index in [9.17, 15) is 0 Å². The number of benzene rings is 1. The second kappa shape index (κ2) is 6.61. The number of hydrogen-bond donors (Lipinski definition) is 1. The molecule has 1 fully saturated rings. The molecule has 1 aliphatic heterocycles. The maximum atomic E-state index is 5.84. The fourth-order valence-electron chi connectivity index (χ4n) is 2.28. The van der Waals surface area contributed by atoms with Crippen LogP contribution >= 0.6 is 0 Å². The Morgan fingerprint density at radius 1 is 1.33 bits per heavy atom. The van der Waals surface area contributed by atoms with Gasteiger partial charge in [0.2, 0.25) is 0 Å². The molecule has 1 saturated heterocycles. The highest BCUT2D eigenvalue weighted by molar-refractivity contribution is 5.55. The minimum Gasteiger partial charge on any atom is -0.399 e. The van der Waals surface area contributed by atoms with Gasteiger partial charge in [0.05, 0.1) is 13.2 Å². The van der Waals surface area contributed by atoms with Crippen LogP contribution in [0.15, 0.2) is 24.3 Å². The Bertz CT molecular complexity index is 364. The summed E-state index contributed by atoms with van der Waals surface area (Å²) in [5, 5.41) is 0. The summed E-state index contributed by atoms with van der Waals surface area (Å²) < 4.78 is 5.36. The van der Waals surface area contributed by atoms with Gasteiger partial charge in [-0.3, -0.25) is 4.90 Å². The average molecular weight is 249 g/mol. The second-order valence-corrected chi connectivity index (χ2v) is 4.63. The van der Waals surface area contributed by atoms with E-state index in [0.717, 1.165) is 51.6 Å². The zero-order valence-electron chi connectivity index (χ0n) is 11.1. The summed E-state index contributed by atoms with van der Waals surface area (Å²) in [6.07, 6.45) is 0. The van der Waals surface area contributed by atoms with E-state index in [4.69, 9.17) is 10.5 Å². The van der Waals surface area contributed by atoms with Crippen LogP contribution in [0.5, 0.6) is 0 Å². The third-order valence-electron chi connectivity index (χ3n) is 3.41. The van der Waals surface area contributed by atoms with Crippen molar-refractivity contribution >= 4 is 11.4 Å². The first-order valence-electron chi connectivity index (χ1n) is 6.70. The molecule has 2 rings (SSSR count). The third kappa shape index (κ3) is 3.62. The number of nitrogen functional groups attached to an aromatic ring is 1. The van der Waals surface area contributed by atoms with Crippen molar-refractivity contribution < 1.29 is 4.74 Å². The second-order valence-electron chi connectivity index (χ2n) is 4.63. The number of morpholine rings is 1. The molecule has 1 heterocycles. The number of rotatable bonds is 5. The first kappa shape index (κ1) is 13.2. The SMILES string of the molecule is CCN(CCN1CCOCC1)c1cccc(N)c1. The number of nitrogens with zero attached hydrogens (tertiary/aromatic N) is 2. The Labute approximate surface area is 109 Å². The summed E-state index contributed by atoms with van der Waals surface area (Å²) >= 11 is 0. The van der Waals surface area contributed by atoms with Gasteiger partial charge >= 0.3 is 0 Å². The van der Waals surface area contributed by atoms with Gasteiger partial charge in [0, 0.05) is 44.1 Å². The summed E-state index contributed by atoms with van der Waals surface area (Å²) in [6, 6.07) is 8.11. The van der Waals surface area contributed by atoms with Crippen LogP contribution in [0.25, 0.3) is 0 Å². The smallest absolute Gasteiger partial charge is 0.0594 e. The fraction of sp³-hybridized carbons (Fsp3) is 0.571. The lowest BCUT2D eigenvalue weighted by Gasteiger charge is -2.30. The minimum absolute atomic E-state index is 0.831. The molecule has 0 saturated carbocycles. The maximum absolute atomic E-state index is 5.84. The van der Waals surface area contributed by atoms with Gasteiger partial charge in [-0.05, 0) is 25.1 Å². The standard InChI is InChI=1S/C14H23N3O/c1-2-17(14-5-3-4-13(15)12-14)7-6-16-8-10-18-11-9-16/h3-5,12H,2,6-11,15H2,1H3. The summed E-state index contributed by atoms with van der Waals surface area (Å²) in [4.78, 5) is 4.82. The topological polar surface area (TPSA) is 41.7 Å². The summed E-state index contributed by atoms with van der Waals surface area (Å²) in [7, 11) is 0. The molecule has 4 nitrogen and oxygen atoms in total. The number of hydrogen-bond acceptors (Lipinski definition) is 4. The lowest BCUT2D eigenvalue weighted by molar-refractivity contribution is 0.0392. The monoisotopic (exact) mass is 249 g/mol. The maximum Gasteiger partial charge on any atom is 0.0594 e. The van der Waals surface area contributed by atoms with Gasteiger partial charge in [0.1, 0.15) is 0 Å². The van der Waals surface area contributed by atoms with Gasteiger partial charge in [-0.1, -0.05) is 6.07 Å². The van der Waals surface area contributed by atoms with Crippen LogP contribution in [-0.4, -0.2) is 50.8 Å². The molecule has 4 heteroatoms. The van der Waals surface area contributed by atoms with Gasteiger partial charge in [-0.2, -0.15) is 0 Å². The van der Waals surface area contributed by atoms with E-state index in [-0.39, 0.29) is 0 Å². The lowest BCUT2D eigenvalue weighted by atomic mass is 10.2. The van der Waals surface area contributed by atoms with Gasteiger partial charge in [0.25, 0.3) is 0 Å². The molecular formula is C14H23N3O. The van der Waals surface area contributed by atoms with E-state index in [0.29, 0.717) is 0 Å². The predicted octanol–water partition coefficient (Wildman–Crippen LogP) is 1.43. The number of ether oxygens (including phenoxy) is 1. The fourth-order valence-corrected chi connectivity index (χ4v) is 2.28. The van der Waals surface area contributed by atoms with Crippen LogP contribution in [0.1, 0.15) is 6.92 Å². The van der Waals surface area contributed by atoms with Crippen molar-refractivity contribution in [3.63, 3.8) is 0 Å². The van der Waals surface area contributed by atoms with Crippen LogP contribution in [0.2, 0.25) is 0 Å². The van der Waals surface area contributed by atoms with Crippen LogP contribution in [0.3, 0.4) is 0 Å². The Kier molecular flexibility index (Phi) is 4.84. The van der Waals surface area contributed by atoms with Crippen LogP contribution in [-0.2, 0) is 4.74 Å². The molecule has 0 atom stereocenters. The molecule has 0 bridgehead atoms. The Morgan fingerprint density at radius 2 is 2.11 bits per heavy atom. The van der Waals surface area contributed by atoms with Crippen molar-refractivity contribution in [3.05, 3.63) is 24.3 Å². The van der Waals surface area contributed by atoms with E-state index >= 15 is 0 Å². The van der Waals surface area contributed by atoms with Crippen molar-refractivity contribution in [1.82, 2.24) is 4.90 Å². The van der Waals surface area contributed by atoms with Gasteiger partial charge in [-0.25, -0.2) is 0 Å². The first-order chi connectivity index (χ1) is 8.79. The number of nitrogens with two attached hydrogens (primary N) is 1. The molecule has 100 valence electrons. The molecule has 1 aromatic carbocycles. The summed E-state index contributed by atoms with van der Waals surface area (Å²) in [5.41, 5.74) is 7.88. The Hall–Kier alpha value is -1.26. The van der Waals surface area contributed by atoms with Gasteiger partial charge in [-0.15, -0.1) is 0 Å². The molecule has 0 radical (unpaired) electrons. The largest absolute Gasteiger partial charge is 0.399 e. The van der Waals surface area contributed by atoms with Crippen LogP contribution < -0.4 is 10.6 Å². The molecule has 0 aliphatic carbocycles. The first-order valence-corrected chi connectivity index (χ1v) is 6.70. The molecule has 0 spiro atoms. The molecule has 2 N–H and O–H groups in total. The zero-order valence-corrected chi connectivity index (χ0v) is 11.1. The lowest BCUT2D eigenvalue weighted by Crippen LogP contribution is -2.41. The average Bonchev–Trinajstić information content (AvgIpc) is 2.41. The van der Waals surface area contributed by atoms with Crippen molar-refractivity contribution in [2.75, 3.05) is 56.6 Å². The van der Waals surface area contributed by atoms with Gasteiger partial charge in [0.15, 0.2) is 0 Å². The highest BCUT2D eigenvalue weighted by Gasteiger charge is 2.12. The number of likely N-dealkylation sites (N-methyl/N-ethyl adjacent to an activating group) is 1. The van der Waals surface area contributed by atoms with E-state index in [1.54, 1.807) is 0 Å². The Morgan fingerprint density at radius 3 is 2.78 bits per heavy atom. The summed E-state index contributed by atoms with van der Waals surface area (Å²) in [6.45, 7) is 9.15. The van der Waals surface area contributed by atoms with E-state index in [1.165, 1.54) is 5.69 Å². The van der Waals surface area contributed by atoms with Crippen LogP contribution in [0.4, 0.5) is 11.4 Å². The highest BCUT2D eigenvalue weighted by Crippen LogP contribution is 2.17. The highest BCUT2D eigenvalue weighted by atomic mass is 16.5. The van der Waals surface area contributed by atoms with Crippen molar-refractivity contribution in [3.8, 4) is 0 Å². The molecule has 18 heavy (non-hydrogen) atoms. The molecule has 1 aromatic rings. The third-order valence-corrected chi connectivity index (χ3v) is 3.41. The summed E-state index contributed by atoms with van der Waals surface area (Å²) in [5.74, 6) is 0. The van der Waals surface area contributed by atoms with Crippen molar-refractivity contribution in [1.29, 1.82) is 0 Å². The van der Waals surface area contributed by atoms with Crippen LogP contribution in [0, 0.1) is 0 Å².